The number of benzene rings is 1. The molecule has 0 aliphatic rings. The molecule has 0 atom stereocenters. The van der Waals surface area contributed by atoms with Crippen molar-refractivity contribution in [3.63, 3.8) is 0 Å². The van der Waals surface area contributed by atoms with E-state index in [2.05, 4.69) is 10.3 Å². The number of anilines is 1. The number of aromatic nitrogens is 1. The van der Waals surface area contributed by atoms with Crippen molar-refractivity contribution in [3.05, 3.63) is 61.9 Å². The number of nitro groups is 1. The Morgan fingerprint density at radius 3 is 2.71 bits per heavy atom. The fraction of sp³-hybridized carbons (Fsp3) is 0.0769. The smallest absolute Gasteiger partial charge is 0.288 e. The summed E-state index contributed by atoms with van der Waals surface area (Å²) in [7, 11) is 0. The maximum atomic E-state index is 12.1. The number of carbonyl (C=O) groups excluding carboxylic acids is 1. The van der Waals surface area contributed by atoms with Crippen molar-refractivity contribution in [3.8, 4) is 0 Å². The maximum absolute atomic E-state index is 12.1. The summed E-state index contributed by atoms with van der Waals surface area (Å²) in [5.74, 6) is -0.563. The minimum absolute atomic E-state index is 0.0125. The van der Waals surface area contributed by atoms with E-state index in [1.807, 2.05) is 0 Å². The Labute approximate surface area is 129 Å². The fourth-order valence-corrected chi connectivity index (χ4v) is 2.05. The maximum Gasteiger partial charge on any atom is 0.288 e. The third-order valence-electron chi connectivity index (χ3n) is 2.69. The van der Waals surface area contributed by atoms with Crippen LogP contribution < -0.4 is 5.32 Å². The molecular formula is C13H9Cl2N3O3. The van der Waals surface area contributed by atoms with Gasteiger partial charge in [0.05, 0.1) is 22.4 Å². The van der Waals surface area contributed by atoms with E-state index in [9.17, 15) is 14.9 Å². The third kappa shape index (κ3) is 3.29. The van der Waals surface area contributed by atoms with Crippen LogP contribution in [0.25, 0.3) is 0 Å². The van der Waals surface area contributed by atoms with Crippen LogP contribution in [0.5, 0.6) is 0 Å². The minimum Gasteiger partial charge on any atom is -0.321 e. The van der Waals surface area contributed by atoms with Crippen LogP contribution in [0, 0.1) is 17.0 Å². The molecule has 0 bridgehead atoms. The quantitative estimate of drug-likeness (QED) is 0.527. The molecule has 1 aromatic carbocycles. The molecule has 0 unspecified atom stereocenters. The van der Waals surface area contributed by atoms with Crippen molar-refractivity contribution >= 4 is 40.5 Å². The SMILES string of the molecule is Cc1cc(NC(=O)c2cccc([N+](=O)[O-])c2Cl)cnc1Cl. The number of carbonyl (C=O) groups is 1. The summed E-state index contributed by atoms with van der Waals surface area (Å²) >= 11 is 11.7. The predicted molar refractivity (Wildman–Crippen MR) is 80.0 cm³/mol. The third-order valence-corrected chi connectivity index (χ3v) is 3.48. The molecule has 21 heavy (non-hydrogen) atoms. The number of halogens is 2. The molecule has 2 aromatic rings. The van der Waals surface area contributed by atoms with E-state index in [4.69, 9.17) is 23.2 Å². The average Bonchev–Trinajstić information content (AvgIpc) is 2.42. The molecule has 0 aliphatic heterocycles. The van der Waals surface area contributed by atoms with Crippen LogP contribution in [-0.2, 0) is 0 Å². The highest BCUT2D eigenvalue weighted by molar-refractivity contribution is 6.36. The van der Waals surface area contributed by atoms with Gasteiger partial charge in [-0.1, -0.05) is 29.3 Å². The van der Waals surface area contributed by atoms with Crippen molar-refractivity contribution in [1.82, 2.24) is 4.98 Å². The Morgan fingerprint density at radius 2 is 2.10 bits per heavy atom. The molecule has 2 rings (SSSR count). The summed E-state index contributed by atoms with van der Waals surface area (Å²) in [5.41, 5.74) is 0.803. The summed E-state index contributed by atoms with van der Waals surface area (Å²) in [4.78, 5) is 26.2. The molecule has 0 aliphatic carbocycles. The Hall–Kier alpha value is -2.18. The second kappa shape index (κ2) is 6.07. The summed E-state index contributed by atoms with van der Waals surface area (Å²) in [5, 5.41) is 13.5. The first-order valence-corrected chi connectivity index (χ1v) is 6.52. The zero-order valence-electron chi connectivity index (χ0n) is 10.8. The van der Waals surface area contributed by atoms with Gasteiger partial charge in [-0.05, 0) is 24.6 Å². The van der Waals surface area contributed by atoms with E-state index < -0.39 is 10.8 Å². The van der Waals surface area contributed by atoms with Gasteiger partial charge in [0.15, 0.2) is 0 Å². The number of nitrogens with one attached hydrogen (secondary N) is 1. The van der Waals surface area contributed by atoms with Crippen molar-refractivity contribution in [2.24, 2.45) is 0 Å². The van der Waals surface area contributed by atoms with Gasteiger partial charge in [0.25, 0.3) is 11.6 Å². The Kier molecular flexibility index (Phi) is 4.40. The van der Waals surface area contributed by atoms with Crippen molar-refractivity contribution in [2.45, 2.75) is 6.92 Å². The summed E-state index contributed by atoms with van der Waals surface area (Å²) < 4.78 is 0. The lowest BCUT2D eigenvalue weighted by atomic mass is 10.2. The highest BCUT2D eigenvalue weighted by Gasteiger charge is 2.20. The number of aryl methyl sites for hydroxylation is 1. The molecule has 8 heteroatoms. The fourth-order valence-electron chi connectivity index (χ4n) is 1.66. The molecule has 0 radical (unpaired) electrons. The van der Waals surface area contributed by atoms with Gasteiger partial charge in [-0.25, -0.2) is 4.98 Å². The molecule has 1 aromatic heterocycles. The van der Waals surface area contributed by atoms with E-state index in [1.54, 1.807) is 13.0 Å². The molecule has 0 fully saturated rings. The van der Waals surface area contributed by atoms with Gasteiger partial charge < -0.3 is 5.32 Å². The number of rotatable bonds is 3. The Balaban J connectivity index is 2.30. The molecule has 1 heterocycles. The van der Waals surface area contributed by atoms with Gasteiger partial charge in [-0.2, -0.15) is 0 Å². The molecule has 0 spiro atoms. The molecule has 1 amide bonds. The summed E-state index contributed by atoms with van der Waals surface area (Å²) in [6.45, 7) is 1.74. The monoisotopic (exact) mass is 325 g/mol. The van der Waals surface area contributed by atoms with Gasteiger partial charge in [0.1, 0.15) is 10.2 Å². The minimum atomic E-state index is -0.646. The summed E-state index contributed by atoms with van der Waals surface area (Å²) in [6, 6.07) is 5.66. The van der Waals surface area contributed by atoms with Crippen LogP contribution in [-0.4, -0.2) is 15.8 Å². The first-order valence-electron chi connectivity index (χ1n) is 5.76. The van der Waals surface area contributed by atoms with Crippen LogP contribution >= 0.6 is 23.2 Å². The number of hydrogen-bond acceptors (Lipinski definition) is 4. The highest BCUT2D eigenvalue weighted by Crippen LogP contribution is 2.28. The molecule has 1 N–H and O–H groups in total. The van der Waals surface area contributed by atoms with E-state index in [1.165, 1.54) is 24.4 Å². The zero-order chi connectivity index (χ0) is 15.6. The van der Waals surface area contributed by atoms with E-state index in [0.717, 1.165) is 0 Å². The van der Waals surface area contributed by atoms with E-state index in [0.29, 0.717) is 16.4 Å². The van der Waals surface area contributed by atoms with Crippen molar-refractivity contribution < 1.29 is 9.72 Å². The second-order valence-electron chi connectivity index (χ2n) is 4.18. The predicted octanol–water partition coefficient (Wildman–Crippen LogP) is 3.86. The lowest BCUT2D eigenvalue weighted by Crippen LogP contribution is -2.13. The Morgan fingerprint density at radius 1 is 1.38 bits per heavy atom. The van der Waals surface area contributed by atoms with Crippen molar-refractivity contribution in [2.75, 3.05) is 5.32 Å². The highest BCUT2D eigenvalue weighted by atomic mass is 35.5. The lowest BCUT2D eigenvalue weighted by Gasteiger charge is -2.07. The molecular weight excluding hydrogens is 317 g/mol. The average molecular weight is 326 g/mol. The summed E-state index contributed by atoms with van der Waals surface area (Å²) in [6.07, 6.45) is 1.39. The second-order valence-corrected chi connectivity index (χ2v) is 4.92. The number of amides is 1. The van der Waals surface area contributed by atoms with Gasteiger partial charge >= 0.3 is 0 Å². The van der Waals surface area contributed by atoms with Crippen molar-refractivity contribution in [1.29, 1.82) is 0 Å². The van der Waals surface area contributed by atoms with Gasteiger partial charge in [0.2, 0.25) is 0 Å². The van der Waals surface area contributed by atoms with Crippen LogP contribution in [0.3, 0.4) is 0 Å². The van der Waals surface area contributed by atoms with Crippen LogP contribution in [0.4, 0.5) is 11.4 Å². The number of pyridine rings is 1. The molecule has 0 saturated heterocycles. The molecule has 6 nitrogen and oxygen atoms in total. The van der Waals surface area contributed by atoms with E-state index >= 15 is 0 Å². The normalized spacial score (nSPS) is 10.2. The van der Waals surface area contributed by atoms with Gasteiger partial charge in [-0.15, -0.1) is 0 Å². The topological polar surface area (TPSA) is 85.1 Å². The number of nitro benzene ring substituents is 1. The largest absolute Gasteiger partial charge is 0.321 e. The zero-order valence-corrected chi connectivity index (χ0v) is 12.3. The van der Waals surface area contributed by atoms with Gasteiger partial charge in [-0.3, -0.25) is 14.9 Å². The lowest BCUT2D eigenvalue weighted by molar-refractivity contribution is -0.384. The first-order chi connectivity index (χ1) is 9.90. The molecule has 108 valence electrons. The van der Waals surface area contributed by atoms with Gasteiger partial charge in [0, 0.05) is 6.07 Å². The van der Waals surface area contributed by atoms with Crippen LogP contribution in [0.2, 0.25) is 10.2 Å². The number of hydrogen-bond donors (Lipinski definition) is 1. The van der Waals surface area contributed by atoms with Crippen LogP contribution in [0.1, 0.15) is 15.9 Å². The standard InChI is InChI=1S/C13H9Cl2N3O3/c1-7-5-8(6-16-12(7)15)17-13(19)9-3-2-4-10(11(9)14)18(20)21/h2-6H,1H3,(H,17,19). The molecule has 0 saturated carbocycles. The van der Waals surface area contributed by atoms with Crippen LogP contribution in [0.15, 0.2) is 30.5 Å². The first kappa shape index (κ1) is 15.2. The van der Waals surface area contributed by atoms with E-state index in [-0.39, 0.29) is 16.3 Å². The number of nitrogens with zero attached hydrogens (tertiary/aromatic N) is 2. The Bertz CT molecular complexity index is 735.